The van der Waals surface area contributed by atoms with Gasteiger partial charge in [-0.15, -0.1) is 0 Å². The molecule has 154 valence electrons. The van der Waals surface area contributed by atoms with Gasteiger partial charge in [-0.2, -0.15) is 9.97 Å². The Morgan fingerprint density at radius 3 is 2.89 bits per heavy atom. The van der Waals surface area contributed by atoms with E-state index in [1.165, 1.54) is 16.9 Å². The van der Waals surface area contributed by atoms with Crippen molar-refractivity contribution in [1.82, 2.24) is 25.1 Å². The molecule has 2 saturated heterocycles. The van der Waals surface area contributed by atoms with Crippen LogP contribution in [-0.4, -0.2) is 89.4 Å². The third-order valence-electron chi connectivity index (χ3n) is 6.14. The van der Waals surface area contributed by atoms with Crippen LogP contribution in [0.5, 0.6) is 6.01 Å². The van der Waals surface area contributed by atoms with Crippen LogP contribution in [0.3, 0.4) is 0 Å². The summed E-state index contributed by atoms with van der Waals surface area (Å²) in [6.07, 6.45) is 2.37. The molecule has 28 heavy (non-hydrogen) atoms. The Kier molecular flexibility index (Phi) is 5.54. The number of hydrogen-bond donors (Lipinski definition) is 2. The predicted molar refractivity (Wildman–Crippen MR) is 105 cm³/mol. The first kappa shape index (κ1) is 19.2. The second kappa shape index (κ2) is 8.08. The summed E-state index contributed by atoms with van der Waals surface area (Å²) in [4.78, 5) is 26.9. The first-order valence-electron chi connectivity index (χ1n) is 10.2. The highest BCUT2D eigenvalue weighted by Gasteiger charge is 2.31. The Hall–Kier alpha value is -2.13. The number of nitrogens with one attached hydrogen (secondary N) is 1. The summed E-state index contributed by atoms with van der Waals surface area (Å²) in [7, 11) is 2.13. The molecule has 4 rings (SSSR count). The lowest BCUT2D eigenvalue weighted by Gasteiger charge is -2.40. The zero-order valence-corrected chi connectivity index (χ0v) is 16.7. The average molecular weight is 390 g/mol. The summed E-state index contributed by atoms with van der Waals surface area (Å²) in [6, 6.07) is 0.779. The summed E-state index contributed by atoms with van der Waals surface area (Å²) in [5.41, 5.74) is 2.17. The molecule has 1 amide bonds. The van der Waals surface area contributed by atoms with E-state index in [4.69, 9.17) is 9.72 Å². The van der Waals surface area contributed by atoms with Crippen molar-refractivity contribution in [3.8, 4) is 6.01 Å². The van der Waals surface area contributed by atoms with Crippen LogP contribution >= 0.6 is 0 Å². The lowest BCUT2D eigenvalue weighted by Crippen LogP contribution is -2.54. The van der Waals surface area contributed by atoms with Crippen molar-refractivity contribution >= 4 is 11.9 Å². The quantitative estimate of drug-likeness (QED) is 0.779. The van der Waals surface area contributed by atoms with Crippen LogP contribution in [0.4, 0.5) is 10.6 Å². The molecule has 0 bridgehead atoms. The smallest absolute Gasteiger partial charge is 0.407 e. The minimum atomic E-state index is -0.856. The average Bonchev–Trinajstić information content (AvgIpc) is 3.10. The first-order chi connectivity index (χ1) is 13.5. The van der Waals surface area contributed by atoms with Crippen LogP contribution in [0.15, 0.2) is 0 Å². The molecule has 2 fully saturated rings. The molecule has 1 aromatic heterocycles. The van der Waals surface area contributed by atoms with Gasteiger partial charge in [-0.05, 0) is 46.3 Å². The Bertz CT molecular complexity index is 730. The van der Waals surface area contributed by atoms with Gasteiger partial charge in [0.2, 0.25) is 0 Å². The van der Waals surface area contributed by atoms with E-state index in [2.05, 4.69) is 27.1 Å². The van der Waals surface area contributed by atoms with E-state index in [-0.39, 0.29) is 6.04 Å². The zero-order chi connectivity index (χ0) is 19.7. The van der Waals surface area contributed by atoms with Crippen molar-refractivity contribution < 1.29 is 14.6 Å². The fraction of sp³-hybridized carbons (Fsp3) is 0.737. The van der Waals surface area contributed by atoms with Crippen LogP contribution in [-0.2, 0) is 13.0 Å². The fourth-order valence-electron chi connectivity index (χ4n) is 4.44. The van der Waals surface area contributed by atoms with Crippen molar-refractivity contribution in [2.45, 2.75) is 44.8 Å². The zero-order valence-electron chi connectivity index (χ0n) is 16.7. The van der Waals surface area contributed by atoms with Gasteiger partial charge in [-0.25, -0.2) is 4.79 Å². The molecular weight excluding hydrogens is 360 g/mol. The minimum absolute atomic E-state index is 0.0740. The summed E-state index contributed by atoms with van der Waals surface area (Å²) in [5, 5.41) is 12.7. The van der Waals surface area contributed by atoms with E-state index in [0.29, 0.717) is 38.3 Å². The largest absolute Gasteiger partial charge is 0.465 e. The molecule has 9 nitrogen and oxygen atoms in total. The molecule has 0 aliphatic carbocycles. The molecule has 0 radical (unpaired) electrons. The number of likely N-dealkylation sites (tertiary alicyclic amines) is 1. The summed E-state index contributed by atoms with van der Waals surface area (Å²) in [6.45, 7) is 7.04. The maximum atomic E-state index is 11.4. The van der Waals surface area contributed by atoms with Gasteiger partial charge in [0.1, 0.15) is 12.4 Å². The molecule has 0 spiro atoms. The molecule has 4 heterocycles. The first-order valence-corrected chi connectivity index (χ1v) is 10.2. The van der Waals surface area contributed by atoms with Crippen LogP contribution < -0.4 is 15.0 Å². The molecule has 1 aromatic rings. The number of aromatic nitrogens is 2. The van der Waals surface area contributed by atoms with Crippen LogP contribution in [0.2, 0.25) is 0 Å². The number of ether oxygens (including phenoxy) is 1. The molecule has 0 aromatic carbocycles. The maximum absolute atomic E-state index is 11.4. The molecule has 0 saturated carbocycles. The standard InChI is InChI=1S/C19H30N6O3/c1-13-11-24(8-9-25(13)19(26)27)17-15-5-6-20-10-16(15)21-18(22-17)28-12-14-4-3-7-23(14)2/h13-14,20H,3-12H2,1-2H3,(H,26,27)/t13-,14-/m0/s1. The van der Waals surface area contributed by atoms with Crippen molar-refractivity contribution in [2.75, 3.05) is 51.3 Å². The third-order valence-corrected chi connectivity index (χ3v) is 6.14. The van der Waals surface area contributed by atoms with E-state index >= 15 is 0 Å². The van der Waals surface area contributed by atoms with Gasteiger partial charge in [0.15, 0.2) is 0 Å². The van der Waals surface area contributed by atoms with E-state index in [9.17, 15) is 9.90 Å². The number of hydrogen-bond acceptors (Lipinski definition) is 7. The maximum Gasteiger partial charge on any atom is 0.407 e. The Morgan fingerprint density at radius 1 is 1.32 bits per heavy atom. The van der Waals surface area contributed by atoms with Crippen LogP contribution in [0, 0.1) is 0 Å². The van der Waals surface area contributed by atoms with Crippen molar-refractivity contribution in [1.29, 1.82) is 0 Å². The third kappa shape index (κ3) is 3.86. The summed E-state index contributed by atoms with van der Waals surface area (Å²) >= 11 is 0. The number of nitrogens with zero attached hydrogens (tertiary/aromatic N) is 5. The van der Waals surface area contributed by atoms with Crippen LogP contribution in [0.25, 0.3) is 0 Å². The molecule has 3 aliphatic heterocycles. The molecular formula is C19H30N6O3. The summed E-state index contributed by atoms with van der Waals surface area (Å²) in [5.74, 6) is 0.915. The van der Waals surface area contributed by atoms with Gasteiger partial charge >= 0.3 is 12.1 Å². The second-order valence-corrected chi connectivity index (χ2v) is 8.04. The molecule has 9 heteroatoms. The van der Waals surface area contributed by atoms with Gasteiger partial charge in [-0.3, -0.25) is 0 Å². The van der Waals surface area contributed by atoms with Crippen LogP contribution in [0.1, 0.15) is 31.0 Å². The lowest BCUT2D eigenvalue weighted by molar-refractivity contribution is 0.122. The molecule has 2 N–H and O–H groups in total. The number of piperazine rings is 1. The van der Waals surface area contributed by atoms with Crippen molar-refractivity contribution in [3.63, 3.8) is 0 Å². The molecule has 2 atom stereocenters. The molecule has 0 unspecified atom stereocenters. The minimum Gasteiger partial charge on any atom is -0.465 e. The SMILES string of the molecule is C[C@H]1CN(c2nc(OC[C@@H]3CCCN3C)nc3c2CCNC3)CCN1C(=O)O. The highest BCUT2D eigenvalue weighted by molar-refractivity contribution is 5.66. The molecule has 3 aliphatic rings. The van der Waals surface area contributed by atoms with E-state index in [1.54, 1.807) is 0 Å². The number of amides is 1. The second-order valence-electron chi connectivity index (χ2n) is 8.04. The number of fused-ring (bicyclic) bond motifs is 1. The summed E-state index contributed by atoms with van der Waals surface area (Å²) < 4.78 is 6.02. The Balaban J connectivity index is 1.54. The number of likely N-dealkylation sites (N-methyl/N-ethyl adjacent to an activating group) is 1. The number of carbonyl (C=O) groups is 1. The normalized spacial score (nSPS) is 25.6. The number of rotatable bonds is 4. The fourth-order valence-corrected chi connectivity index (χ4v) is 4.44. The van der Waals surface area contributed by atoms with Gasteiger partial charge in [-0.1, -0.05) is 0 Å². The highest BCUT2D eigenvalue weighted by Crippen LogP contribution is 2.28. The monoisotopic (exact) mass is 390 g/mol. The number of anilines is 1. The van der Waals surface area contributed by atoms with E-state index in [0.717, 1.165) is 44.0 Å². The topological polar surface area (TPSA) is 94.1 Å². The highest BCUT2D eigenvalue weighted by atomic mass is 16.5. The van der Waals surface area contributed by atoms with Crippen molar-refractivity contribution in [2.24, 2.45) is 0 Å². The Labute approximate surface area is 165 Å². The lowest BCUT2D eigenvalue weighted by atomic mass is 10.1. The van der Waals surface area contributed by atoms with Gasteiger partial charge in [0, 0.05) is 43.8 Å². The number of carboxylic acid groups (broad SMARTS) is 1. The van der Waals surface area contributed by atoms with E-state index in [1.807, 2.05) is 6.92 Å². The van der Waals surface area contributed by atoms with Gasteiger partial charge < -0.3 is 29.9 Å². The van der Waals surface area contributed by atoms with Crippen molar-refractivity contribution in [3.05, 3.63) is 11.3 Å². The van der Waals surface area contributed by atoms with Gasteiger partial charge in [0.25, 0.3) is 0 Å². The van der Waals surface area contributed by atoms with Gasteiger partial charge in [0.05, 0.1) is 5.69 Å². The predicted octanol–water partition coefficient (Wildman–Crippen LogP) is 0.784. The Morgan fingerprint density at radius 2 is 2.18 bits per heavy atom. The van der Waals surface area contributed by atoms with E-state index < -0.39 is 6.09 Å².